The average molecular weight is 255 g/mol. The van der Waals surface area contributed by atoms with E-state index in [0.717, 1.165) is 0 Å². The Hall–Kier alpha value is -1.06. The third-order valence-electron chi connectivity index (χ3n) is 4.35. The molecular formula is C14H25NO3. The number of amides is 1. The van der Waals surface area contributed by atoms with Gasteiger partial charge in [0.05, 0.1) is 5.92 Å². The molecule has 3 atom stereocenters. The molecule has 0 aliphatic carbocycles. The Balaban J connectivity index is 2.62. The molecule has 0 saturated carbocycles. The van der Waals surface area contributed by atoms with Crippen LogP contribution in [0, 0.1) is 17.3 Å². The lowest BCUT2D eigenvalue weighted by atomic mass is 9.80. The molecule has 1 aliphatic rings. The topological polar surface area (TPSA) is 57.6 Å². The monoisotopic (exact) mass is 255 g/mol. The first kappa shape index (κ1) is 15.0. The van der Waals surface area contributed by atoms with Crippen LogP contribution >= 0.6 is 0 Å². The van der Waals surface area contributed by atoms with Crippen molar-refractivity contribution in [1.29, 1.82) is 0 Å². The predicted molar refractivity (Wildman–Crippen MR) is 70.2 cm³/mol. The number of carbonyl (C=O) groups excluding carboxylic acids is 1. The van der Waals surface area contributed by atoms with E-state index in [1.54, 1.807) is 4.90 Å². The highest BCUT2D eigenvalue weighted by molar-refractivity contribution is 5.79. The van der Waals surface area contributed by atoms with Crippen molar-refractivity contribution >= 4 is 11.9 Å². The van der Waals surface area contributed by atoms with Gasteiger partial charge in [-0.25, -0.2) is 0 Å². The van der Waals surface area contributed by atoms with Gasteiger partial charge in [-0.15, -0.1) is 0 Å². The van der Waals surface area contributed by atoms with Crippen molar-refractivity contribution in [3.8, 4) is 0 Å². The summed E-state index contributed by atoms with van der Waals surface area (Å²) in [4.78, 5) is 25.0. The van der Waals surface area contributed by atoms with Gasteiger partial charge in [0, 0.05) is 19.0 Å². The van der Waals surface area contributed by atoms with E-state index in [1.165, 1.54) is 0 Å². The van der Waals surface area contributed by atoms with Crippen LogP contribution in [0.5, 0.6) is 0 Å². The van der Waals surface area contributed by atoms with Gasteiger partial charge >= 0.3 is 5.97 Å². The molecule has 1 rings (SSSR count). The van der Waals surface area contributed by atoms with Crippen LogP contribution in [-0.4, -0.2) is 34.5 Å². The molecule has 0 radical (unpaired) electrons. The molecular weight excluding hydrogens is 230 g/mol. The molecule has 1 fully saturated rings. The Kier molecular flexibility index (Phi) is 4.41. The van der Waals surface area contributed by atoms with Gasteiger partial charge in [-0.05, 0) is 24.7 Å². The summed E-state index contributed by atoms with van der Waals surface area (Å²) >= 11 is 0. The molecule has 4 heteroatoms. The van der Waals surface area contributed by atoms with Crippen LogP contribution in [0.1, 0.15) is 47.5 Å². The SMILES string of the molecule is CC1C(C(=O)O)CCN1C(=O)CC(C)C(C)(C)C. The summed E-state index contributed by atoms with van der Waals surface area (Å²) in [5, 5.41) is 9.06. The summed E-state index contributed by atoms with van der Waals surface area (Å²) in [6.45, 7) is 10.9. The maximum absolute atomic E-state index is 12.2. The quantitative estimate of drug-likeness (QED) is 0.842. The standard InChI is InChI=1S/C14H25NO3/c1-9(14(3,4)5)8-12(16)15-7-6-11(10(15)2)13(17)18/h9-11H,6-8H2,1-5H3,(H,17,18). The van der Waals surface area contributed by atoms with Gasteiger partial charge in [0.2, 0.25) is 5.91 Å². The summed E-state index contributed by atoms with van der Waals surface area (Å²) < 4.78 is 0. The van der Waals surface area contributed by atoms with Crippen LogP contribution in [0.3, 0.4) is 0 Å². The fraction of sp³-hybridized carbons (Fsp3) is 0.857. The summed E-state index contributed by atoms with van der Waals surface area (Å²) in [7, 11) is 0. The average Bonchev–Trinajstić information content (AvgIpc) is 2.58. The number of carboxylic acids is 1. The number of carboxylic acid groups (broad SMARTS) is 1. The minimum atomic E-state index is -0.790. The maximum Gasteiger partial charge on any atom is 0.308 e. The highest BCUT2D eigenvalue weighted by atomic mass is 16.4. The first-order chi connectivity index (χ1) is 8.14. The number of hydrogen-bond donors (Lipinski definition) is 1. The number of likely N-dealkylation sites (tertiary alicyclic amines) is 1. The molecule has 4 nitrogen and oxygen atoms in total. The lowest BCUT2D eigenvalue weighted by Crippen LogP contribution is -2.39. The minimum absolute atomic E-state index is 0.0914. The minimum Gasteiger partial charge on any atom is -0.481 e. The van der Waals surface area contributed by atoms with E-state index in [0.29, 0.717) is 25.3 Å². The number of carbonyl (C=O) groups is 2. The second kappa shape index (κ2) is 5.29. The van der Waals surface area contributed by atoms with E-state index >= 15 is 0 Å². The zero-order valence-electron chi connectivity index (χ0n) is 12.1. The Morgan fingerprint density at radius 1 is 1.39 bits per heavy atom. The zero-order valence-corrected chi connectivity index (χ0v) is 12.1. The smallest absolute Gasteiger partial charge is 0.308 e. The second-order valence-electron chi connectivity index (χ2n) is 6.53. The van der Waals surface area contributed by atoms with Gasteiger partial charge < -0.3 is 10.0 Å². The lowest BCUT2D eigenvalue weighted by molar-refractivity contribution is -0.143. The van der Waals surface area contributed by atoms with Gasteiger partial charge in [0.25, 0.3) is 0 Å². The third kappa shape index (κ3) is 3.24. The number of hydrogen-bond acceptors (Lipinski definition) is 2. The summed E-state index contributed by atoms with van der Waals surface area (Å²) in [5.41, 5.74) is 0.102. The molecule has 0 aromatic heterocycles. The second-order valence-corrected chi connectivity index (χ2v) is 6.53. The molecule has 1 N–H and O–H groups in total. The van der Waals surface area contributed by atoms with E-state index < -0.39 is 11.9 Å². The van der Waals surface area contributed by atoms with Crippen molar-refractivity contribution in [2.24, 2.45) is 17.3 Å². The molecule has 3 unspecified atom stereocenters. The Bertz CT molecular complexity index is 332. The van der Waals surface area contributed by atoms with Crippen LogP contribution < -0.4 is 0 Å². The summed E-state index contributed by atoms with van der Waals surface area (Å²) in [5.74, 6) is -0.810. The molecule has 1 heterocycles. The van der Waals surface area contributed by atoms with Crippen LogP contribution in [0.2, 0.25) is 0 Å². The highest BCUT2D eigenvalue weighted by Gasteiger charge is 2.38. The van der Waals surface area contributed by atoms with Crippen LogP contribution in [0.15, 0.2) is 0 Å². The van der Waals surface area contributed by atoms with E-state index in [2.05, 4.69) is 27.7 Å². The zero-order chi connectivity index (χ0) is 14.1. The maximum atomic E-state index is 12.2. The first-order valence-electron chi connectivity index (χ1n) is 6.67. The van der Waals surface area contributed by atoms with Crippen LogP contribution in [0.25, 0.3) is 0 Å². The third-order valence-corrected chi connectivity index (χ3v) is 4.35. The molecule has 0 aromatic carbocycles. The van der Waals surface area contributed by atoms with E-state index in [9.17, 15) is 9.59 Å². The molecule has 1 aliphatic heterocycles. The number of aliphatic carboxylic acids is 1. The summed E-state index contributed by atoms with van der Waals surface area (Å²) in [6, 6.07) is -0.179. The predicted octanol–water partition coefficient (Wildman–Crippen LogP) is 2.38. The summed E-state index contributed by atoms with van der Waals surface area (Å²) in [6.07, 6.45) is 1.08. The molecule has 1 amide bonds. The fourth-order valence-corrected chi connectivity index (χ4v) is 2.31. The van der Waals surface area contributed by atoms with Gasteiger partial charge in [0.15, 0.2) is 0 Å². The van der Waals surface area contributed by atoms with E-state index in [-0.39, 0.29) is 17.4 Å². The number of rotatable bonds is 3. The van der Waals surface area contributed by atoms with Crippen molar-refractivity contribution < 1.29 is 14.7 Å². The van der Waals surface area contributed by atoms with Gasteiger partial charge in [-0.3, -0.25) is 9.59 Å². The molecule has 1 saturated heterocycles. The highest BCUT2D eigenvalue weighted by Crippen LogP contribution is 2.31. The van der Waals surface area contributed by atoms with Gasteiger partial charge in [0.1, 0.15) is 0 Å². The molecule has 0 aromatic rings. The van der Waals surface area contributed by atoms with Crippen molar-refractivity contribution in [3.05, 3.63) is 0 Å². The van der Waals surface area contributed by atoms with Crippen molar-refractivity contribution in [2.45, 2.75) is 53.5 Å². The van der Waals surface area contributed by atoms with Crippen LogP contribution in [0.4, 0.5) is 0 Å². The fourth-order valence-electron chi connectivity index (χ4n) is 2.31. The van der Waals surface area contributed by atoms with Gasteiger partial charge in [-0.2, -0.15) is 0 Å². The van der Waals surface area contributed by atoms with Crippen molar-refractivity contribution in [1.82, 2.24) is 4.90 Å². The van der Waals surface area contributed by atoms with E-state index in [1.807, 2.05) is 6.92 Å². The first-order valence-corrected chi connectivity index (χ1v) is 6.67. The normalized spacial score (nSPS) is 26.2. The lowest BCUT2D eigenvalue weighted by Gasteiger charge is -2.30. The van der Waals surface area contributed by atoms with Crippen molar-refractivity contribution in [3.63, 3.8) is 0 Å². The van der Waals surface area contributed by atoms with E-state index in [4.69, 9.17) is 5.11 Å². The molecule has 18 heavy (non-hydrogen) atoms. The Morgan fingerprint density at radius 2 is 1.94 bits per heavy atom. The molecule has 104 valence electrons. The van der Waals surface area contributed by atoms with Gasteiger partial charge in [-0.1, -0.05) is 27.7 Å². The number of nitrogens with zero attached hydrogens (tertiary/aromatic N) is 1. The van der Waals surface area contributed by atoms with Crippen molar-refractivity contribution in [2.75, 3.05) is 6.54 Å². The Morgan fingerprint density at radius 3 is 2.33 bits per heavy atom. The molecule has 0 bridgehead atoms. The largest absolute Gasteiger partial charge is 0.481 e. The molecule has 0 spiro atoms. The van der Waals surface area contributed by atoms with Crippen LogP contribution in [-0.2, 0) is 9.59 Å². The Labute approximate surface area is 109 Å².